The normalized spacial score (nSPS) is 20.1. The molecule has 0 radical (unpaired) electrons. The molecule has 0 N–H and O–H groups in total. The van der Waals surface area contributed by atoms with Gasteiger partial charge in [-0.1, -0.05) is 207 Å². The molecule has 3 aliphatic heterocycles. The lowest BCUT2D eigenvalue weighted by Crippen LogP contribution is -2.62. The van der Waals surface area contributed by atoms with Gasteiger partial charge in [-0.05, 0) is 182 Å². The third-order valence-electron chi connectivity index (χ3n) is 22.5. The minimum Gasteiger partial charge on any atom is -0.334 e. The Kier molecular flexibility index (Phi) is 12.0. The van der Waals surface area contributed by atoms with Gasteiger partial charge in [-0.3, -0.25) is 0 Å². The molecule has 0 spiro atoms. The van der Waals surface area contributed by atoms with Gasteiger partial charge in [0.15, 0.2) is 0 Å². The highest BCUT2D eigenvalue weighted by molar-refractivity contribution is 7.26. The van der Waals surface area contributed by atoms with Crippen LogP contribution in [0.5, 0.6) is 0 Å². The smallest absolute Gasteiger partial charge is 0.252 e. The van der Waals surface area contributed by atoms with Crippen LogP contribution in [0.3, 0.4) is 0 Å². The van der Waals surface area contributed by atoms with Gasteiger partial charge in [0, 0.05) is 75.1 Å². The highest BCUT2D eigenvalue weighted by Gasteiger charge is 2.59. The van der Waals surface area contributed by atoms with Crippen molar-refractivity contribution in [2.45, 2.75) is 180 Å². The van der Waals surface area contributed by atoms with Crippen molar-refractivity contribution >= 4 is 132 Å². The first kappa shape index (κ1) is 56.1. The van der Waals surface area contributed by atoms with Gasteiger partial charge in [0.05, 0.1) is 27.3 Å². The first-order valence-corrected chi connectivity index (χ1v) is 34.4. The van der Waals surface area contributed by atoms with Crippen LogP contribution in [-0.2, 0) is 32.5 Å². The lowest BCUT2D eigenvalue weighted by atomic mass is 9.33. The molecule has 11 aromatic rings. The second-order valence-corrected chi connectivity index (χ2v) is 34.0. The summed E-state index contributed by atoms with van der Waals surface area (Å²) in [6.07, 6.45) is 6.99. The van der Waals surface area contributed by atoms with E-state index in [-0.39, 0.29) is 44.7 Å². The monoisotopic (exact) mass is 1190 g/mol. The molecule has 2 aliphatic carbocycles. The topological polar surface area (TPSA) is 9.72 Å². The lowest BCUT2D eigenvalue weighted by Gasteiger charge is -2.51. The van der Waals surface area contributed by atoms with E-state index in [0.717, 1.165) is 25.7 Å². The van der Waals surface area contributed by atoms with Gasteiger partial charge in [-0.15, -0.1) is 22.7 Å². The minimum atomic E-state index is -0.205. The molecular weight excluding hydrogens is 1100 g/mol. The maximum Gasteiger partial charge on any atom is 0.252 e. The molecular formula is C82H84BN3S2. The maximum absolute atomic E-state index is 2.89. The van der Waals surface area contributed by atoms with Gasteiger partial charge in [0.2, 0.25) is 0 Å². The summed E-state index contributed by atoms with van der Waals surface area (Å²) in [6, 6.07) is 66.0. The van der Waals surface area contributed by atoms with Crippen LogP contribution in [0.4, 0.5) is 45.5 Å². The fraction of sp³-hybridized carbons (Fsp3) is 0.341. The second-order valence-electron chi connectivity index (χ2n) is 31.9. The number of thiophene rings is 2. The maximum atomic E-state index is 2.89. The Morgan fingerprint density at radius 1 is 0.420 bits per heavy atom. The Labute approximate surface area is 531 Å². The molecule has 3 nitrogen and oxygen atoms in total. The molecule has 1 saturated carbocycles. The summed E-state index contributed by atoms with van der Waals surface area (Å²) in [7, 11) is 0. The molecule has 0 bridgehead atoms. The van der Waals surface area contributed by atoms with E-state index in [1.807, 2.05) is 22.7 Å². The van der Waals surface area contributed by atoms with Crippen molar-refractivity contribution in [2.24, 2.45) is 0 Å². The van der Waals surface area contributed by atoms with E-state index in [1.165, 1.54) is 160 Å². The number of fused-ring (bicyclic) bond motifs is 15. The van der Waals surface area contributed by atoms with Gasteiger partial charge < -0.3 is 14.7 Å². The molecule has 0 saturated heterocycles. The number of benzene rings is 9. The largest absolute Gasteiger partial charge is 0.334 e. The van der Waals surface area contributed by atoms with E-state index in [0.29, 0.717) is 0 Å². The number of rotatable bonds is 4. The van der Waals surface area contributed by atoms with Gasteiger partial charge in [0.1, 0.15) is 0 Å². The Balaban J connectivity index is 1.12. The summed E-state index contributed by atoms with van der Waals surface area (Å²) in [5.74, 6) is 0. The van der Waals surface area contributed by atoms with E-state index >= 15 is 0 Å². The molecule has 6 heteroatoms. The van der Waals surface area contributed by atoms with Crippen LogP contribution in [0.2, 0.25) is 0 Å². The van der Waals surface area contributed by atoms with Crippen LogP contribution in [0.1, 0.15) is 176 Å². The van der Waals surface area contributed by atoms with Crippen molar-refractivity contribution < 1.29 is 0 Å². The van der Waals surface area contributed by atoms with Crippen molar-refractivity contribution in [3.63, 3.8) is 0 Å². The Hall–Kier alpha value is -7.12. The van der Waals surface area contributed by atoms with Crippen LogP contribution in [0, 0.1) is 0 Å². The number of hydrogen-bond acceptors (Lipinski definition) is 5. The van der Waals surface area contributed by atoms with Crippen molar-refractivity contribution in [3.05, 3.63) is 197 Å². The van der Waals surface area contributed by atoms with Gasteiger partial charge in [-0.2, -0.15) is 0 Å². The fourth-order valence-corrected chi connectivity index (χ4v) is 19.3. The number of nitrogens with zero attached hydrogens (tertiary/aromatic N) is 3. The zero-order valence-corrected chi connectivity index (χ0v) is 56.2. The third kappa shape index (κ3) is 7.98. The van der Waals surface area contributed by atoms with Crippen molar-refractivity contribution in [1.82, 2.24) is 0 Å². The van der Waals surface area contributed by atoms with E-state index in [2.05, 4.69) is 282 Å². The van der Waals surface area contributed by atoms with Gasteiger partial charge in [0.25, 0.3) is 6.71 Å². The first-order valence-electron chi connectivity index (χ1n) is 32.8. The predicted molar refractivity (Wildman–Crippen MR) is 386 cm³/mol. The average molecular weight is 1190 g/mol. The van der Waals surface area contributed by atoms with Crippen molar-refractivity contribution in [2.75, 3.05) is 14.7 Å². The summed E-state index contributed by atoms with van der Waals surface area (Å²) in [6.45, 7) is 36.6. The lowest BCUT2D eigenvalue weighted by molar-refractivity contribution is 0.195. The predicted octanol–water partition coefficient (Wildman–Crippen LogP) is 22.2. The van der Waals surface area contributed by atoms with E-state index in [1.54, 1.807) is 0 Å². The minimum absolute atomic E-state index is 0.0110. The summed E-state index contributed by atoms with van der Waals surface area (Å²) in [5, 5.41) is 5.34. The van der Waals surface area contributed by atoms with E-state index in [4.69, 9.17) is 0 Å². The van der Waals surface area contributed by atoms with E-state index < -0.39 is 0 Å². The molecule has 9 aromatic carbocycles. The number of anilines is 8. The van der Waals surface area contributed by atoms with E-state index in [9.17, 15) is 0 Å². The number of hydrogen-bond donors (Lipinski definition) is 0. The van der Waals surface area contributed by atoms with Crippen LogP contribution < -0.4 is 31.1 Å². The molecule has 2 unspecified atom stereocenters. The Bertz CT molecular complexity index is 4760. The van der Waals surface area contributed by atoms with Crippen LogP contribution in [0.25, 0.3) is 51.5 Å². The Morgan fingerprint density at radius 2 is 1.02 bits per heavy atom. The molecule has 16 rings (SSSR count). The summed E-state index contributed by atoms with van der Waals surface area (Å²) >= 11 is 3.91. The average Bonchev–Trinajstić information content (AvgIpc) is 1.50. The van der Waals surface area contributed by atoms with Crippen LogP contribution in [-0.4, -0.2) is 12.3 Å². The molecule has 5 heterocycles. The van der Waals surface area contributed by atoms with Crippen LogP contribution in [0.15, 0.2) is 164 Å². The van der Waals surface area contributed by atoms with Crippen molar-refractivity contribution in [3.8, 4) is 11.1 Å². The first-order chi connectivity index (χ1) is 41.7. The van der Waals surface area contributed by atoms with Gasteiger partial charge >= 0.3 is 0 Å². The van der Waals surface area contributed by atoms with Crippen LogP contribution >= 0.6 is 22.7 Å². The summed E-state index contributed by atoms with van der Waals surface area (Å²) in [4.78, 5) is 8.50. The molecule has 5 aliphatic rings. The molecule has 0 amide bonds. The van der Waals surface area contributed by atoms with Gasteiger partial charge in [-0.25, -0.2) is 0 Å². The van der Waals surface area contributed by atoms with Crippen molar-refractivity contribution in [1.29, 1.82) is 0 Å². The SMILES string of the molecule is CC(C)(C)c1ccc(N2c3cc(N4c5ccc(C(C)(C)C)cc5C5(C)CCCCC45C)cc4c3B(c3cc5c(cc3N4c3cccc4c3sc3ccccc34)C(C)(C)CCC5(C)C)c3ccc4sc5ccc(C(C)(C)C)cc5c4c32)c(-c2ccccc2)c1. The fourth-order valence-electron chi connectivity index (χ4n) is 17.1. The molecule has 1 fully saturated rings. The second kappa shape index (κ2) is 18.7. The molecule has 442 valence electrons. The summed E-state index contributed by atoms with van der Waals surface area (Å²) in [5.41, 5.74) is 25.0. The molecule has 2 atom stereocenters. The highest BCUT2D eigenvalue weighted by Crippen LogP contribution is 2.63. The molecule has 2 aromatic heterocycles. The molecule has 88 heavy (non-hydrogen) atoms. The highest BCUT2D eigenvalue weighted by atomic mass is 32.1. The quantitative estimate of drug-likeness (QED) is 0.163. The Morgan fingerprint density at radius 3 is 1.75 bits per heavy atom. The summed E-state index contributed by atoms with van der Waals surface area (Å²) < 4.78 is 5.32. The zero-order chi connectivity index (χ0) is 61.1. The standard InChI is InChI=1S/C82H84BN3S2/c1-76(2,3)50-30-34-63(56(42-50)49-24-17-16-18-25-49)85-68-46-53(86-64-35-31-52(78(7,8)9)44-60(64)81(14)38-21-22-39-82(81,86)15)45-67-73(68)83(61-33-37-71-72(74(61)85)57-43-51(77(4,5)6)32-36-70(57)87-71)62-47-58-59(80(12,13)41-40-79(58,10)11)48-66(62)84(67)65-28-23-27-55-54-26-19-20-29-69(54)88-75(55)65/h16-20,23-37,42-48H,21-22,38-41H2,1-15H3. The third-order valence-corrected chi connectivity index (χ3v) is 24.9. The zero-order valence-electron chi connectivity index (χ0n) is 54.6.